The van der Waals surface area contributed by atoms with Crippen molar-refractivity contribution in [2.75, 3.05) is 0 Å². The normalized spacial score (nSPS) is 26.0. The molecule has 1 saturated heterocycles. The lowest BCUT2D eigenvalue weighted by Gasteiger charge is -2.09. The molecule has 1 aliphatic heterocycles. The van der Waals surface area contributed by atoms with Gasteiger partial charge in [0.1, 0.15) is 6.04 Å². The van der Waals surface area contributed by atoms with Gasteiger partial charge in [0.05, 0.1) is 6.07 Å². The van der Waals surface area contributed by atoms with Gasteiger partial charge in [0.2, 0.25) is 0 Å². The maximum Gasteiger partial charge on any atom is 0.110 e. The SMILES string of the molecule is Cc1ccc(C2CC(C#N)NN2)cc1. The largest absolute Gasteiger partial charge is 0.249 e. The fourth-order valence-corrected chi connectivity index (χ4v) is 1.66. The summed E-state index contributed by atoms with van der Waals surface area (Å²) < 4.78 is 0. The predicted molar refractivity (Wildman–Crippen MR) is 54.2 cm³/mol. The molecule has 0 aliphatic carbocycles. The molecule has 1 fully saturated rings. The summed E-state index contributed by atoms with van der Waals surface area (Å²) in [6, 6.07) is 10.8. The number of nitrogens with one attached hydrogen (secondary N) is 2. The molecule has 3 heteroatoms. The number of hydrogen-bond donors (Lipinski definition) is 2. The summed E-state index contributed by atoms with van der Waals surface area (Å²) in [6.45, 7) is 2.07. The molecule has 72 valence electrons. The molecule has 0 radical (unpaired) electrons. The van der Waals surface area contributed by atoms with Crippen LogP contribution in [0.4, 0.5) is 0 Å². The standard InChI is InChI=1S/C11H13N3/c1-8-2-4-9(5-3-8)11-6-10(7-12)13-14-11/h2-5,10-11,13-14H,6H2,1H3. The summed E-state index contributed by atoms with van der Waals surface area (Å²) in [4.78, 5) is 0. The van der Waals surface area contributed by atoms with E-state index in [4.69, 9.17) is 5.26 Å². The highest BCUT2D eigenvalue weighted by Gasteiger charge is 2.24. The van der Waals surface area contributed by atoms with E-state index in [1.54, 1.807) is 0 Å². The molecule has 1 aromatic carbocycles. The zero-order valence-corrected chi connectivity index (χ0v) is 8.12. The lowest BCUT2D eigenvalue weighted by atomic mass is 10.0. The molecule has 0 amide bonds. The molecule has 3 nitrogen and oxygen atoms in total. The highest BCUT2D eigenvalue weighted by Crippen LogP contribution is 2.21. The minimum Gasteiger partial charge on any atom is -0.249 e. The second-order valence-electron chi connectivity index (χ2n) is 3.67. The van der Waals surface area contributed by atoms with Crippen LogP contribution in [0.3, 0.4) is 0 Å². The molecule has 2 unspecified atom stereocenters. The van der Waals surface area contributed by atoms with Gasteiger partial charge < -0.3 is 0 Å². The smallest absolute Gasteiger partial charge is 0.110 e. The van der Waals surface area contributed by atoms with E-state index in [2.05, 4.69) is 48.1 Å². The van der Waals surface area contributed by atoms with E-state index in [1.807, 2.05) is 0 Å². The molecule has 2 rings (SSSR count). The van der Waals surface area contributed by atoms with Crippen molar-refractivity contribution in [2.45, 2.75) is 25.4 Å². The van der Waals surface area contributed by atoms with E-state index in [0.717, 1.165) is 6.42 Å². The number of hydrogen-bond acceptors (Lipinski definition) is 3. The van der Waals surface area contributed by atoms with Gasteiger partial charge in [0.25, 0.3) is 0 Å². The van der Waals surface area contributed by atoms with Crippen LogP contribution in [0.25, 0.3) is 0 Å². The third-order valence-corrected chi connectivity index (χ3v) is 2.54. The van der Waals surface area contributed by atoms with E-state index in [-0.39, 0.29) is 12.1 Å². The molecule has 2 N–H and O–H groups in total. The zero-order chi connectivity index (χ0) is 9.97. The van der Waals surface area contributed by atoms with E-state index < -0.39 is 0 Å². The Morgan fingerprint density at radius 3 is 2.57 bits per heavy atom. The average molecular weight is 187 g/mol. The minimum atomic E-state index is -0.0682. The fraction of sp³-hybridized carbons (Fsp3) is 0.364. The first-order valence-electron chi connectivity index (χ1n) is 4.77. The molecule has 14 heavy (non-hydrogen) atoms. The molecule has 2 atom stereocenters. The van der Waals surface area contributed by atoms with Gasteiger partial charge in [-0.05, 0) is 18.9 Å². The molecule has 0 bridgehead atoms. The van der Waals surface area contributed by atoms with Crippen LogP contribution in [-0.4, -0.2) is 6.04 Å². The van der Waals surface area contributed by atoms with Gasteiger partial charge in [0.15, 0.2) is 0 Å². The van der Waals surface area contributed by atoms with Crippen molar-refractivity contribution < 1.29 is 0 Å². The highest BCUT2D eigenvalue weighted by molar-refractivity contribution is 5.25. The van der Waals surface area contributed by atoms with Crippen molar-refractivity contribution in [1.82, 2.24) is 10.9 Å². The van der Waals surface area contributed by atoms with Gasteiger partial charge in [-0.2, -0.15) is 5.26 Å². The van der Waals surface area contributed by atoms with Crippen LogP contribution in [0.1, 0.15) is 23.6 Å². The lowest BCUT2D eigenvalue weighted by Crippen LogP contribution is -2.29. The highest BCUT2D eigenvalue weighted by atomic mass is 15.4. The second kappa shape index (κ2) is 3.79. The number of rotatable bonds is 1. The van der Waals surface area contributed by atoms with Gasteiger partial charge in [-0.25, -0.2) is 10.9 Å². The minimum absolute atomic E-state index is 0.0682. The van der Waals surface area contributed by atoms with Crippen LogP contribution in [0, 0.1) is 18.3 Å². The first-order chi connectivity index (χ1) is 6.79. The molecule has 0 spiro atoms. The zero-order valence-electron chi connectivity index (χ0n) is 8.12. The van der Waals surface area contributed by atoms with Crippen molar-refractivity contribution in [2.24, 2.45) is 0 Å². The Balaban J connectivity index is 2.10. The quantitative estimate of drug-likeness (QED) is 0.699. The summed E-state index contributed by atoms with van der Waals surface area (Å²) in [6.07, 6.45) is 0.833. The summed E-state index contributed by atoms with van der Waals surface area (Å²) in [7, 11) is 0. The second-order valence-corrected chi connectivity index (χ2v) is 3.67. The lowest BCUT2D eigenvalue weighted by molar-refractivity contribution is 0.573. The Labute approximate surface area is 83.7 Å². The van der Waals surface area contributed by atoms with Crippen LogP contribution < -0.4 is 10.9 Å². The van der Waals surface area contributed by atoms with Crippen molar-refractivity contribution >= 4 is 0 Å². The number of nitriles is 1. The summed E-state index contributed by atoms with van der Waals surface area (Å²) in [5, 5.41) is 8.72. The van der Waals surface area contributed by atoms with Crippen LogP contribution in [0.15, 0.2) is 24.3 Å². The van der Waals surface area contributed by atoms with Gasteiger partial charge in [0, 0.05) is 6.04 Å². The van der Waals surface area contributed by atoms with E-state index in [1.165, 1.54) is 11.1 Å². The Hall–Kier alpha value is -1.37. The maximum absolute atomic E-state index is 8.72. The van der Waals surface area contributed by atoms with Gasteiger partial charge in [-0.1, -0.05) is 29.8 Å². The molecular weight excluding hydrogens is 174 g/mol. The maximum atomic E-state index is 8.72. The van der Waals surface area contributed by atoms with Crippen molar-refractivity contribution in [3.8, 4) is 6.07 Å². The van der Waals surface area contributed by atoms with Crippen LogP contribution in [0.2, 0.25) is 0 Å². The molecule has 1 heterocycles. The monoisotopic (exact) mass is 187 g/mol. The van der Waals surface area contributed by atoms with Crippen LogP contribution in [-0.2, 0) is 0 Å². The van der Waals surface area contributed by atoms with Crippen molar-refractivity contribution in [1.29, 1.82) is 5.26 Å². The van der Waals surface area contributed by atoms with E-state index >= 15 is 0 Å². The number of aryl methyl sites for hydroxylation is 1. The molecule has 1 aromatic rings. The molecule has 0 saturated carbocycles. The van der Waals surface area contributed by atoms with E-state index in [9.17, 15) is 0 Å². The summed E-state index contributed by atoms with van der Waals surface area (Å²) >= 11 is 0. The molecule has 0 aromatic heterocycles. The molecular formula is C11H13N3. The number of nitrogens with zero attached hydrogens (tertiary/aromatic N) is 1. The Morgan fingerprint density at radius 1 is 1.29 bits per heavy atom. The van der Waals surface area contributed by atoms with Gasteiger partial charge in [-0.3, -0.25) is 0 Å². The van der Waals surface area contributed by atoms with Crippen LogP contribution in [0.5, 0.6) is 0 Å². The fourth-order valence-electron chi connectivity index (χ4n) is 1.66. The predicted octanol–water partition coefficient (Wildman–Crippen LogP) is 1.43. The Morgan fingerprint density at radius 2 is 2.00 bits per heavy atom. The Kier molecular flexibility index (Phi) is 2.49. The first kappa shape index (κ1) is 9.20. The third kappa shape index (κ3) is 1.77. The molecule has 1 aliphatic rings. The number of hydrazine groups is 1. The van der Waals surface area contributed by atoms with Gasteiger partial charge in [-0.15, -0.1) is 0 Å². The Bertz CT molecular complexity index is 350. The summed E-state index contributed by atoms with van der Waals surface area (Å²) in [5.74, 6) is 0. The van der Waals surface area contributed by atoms with Gasteiger partial charge >= 0.3 is 0 Å². The van der Waals surface area contributed by atoms with Crippen LogP contribution >= 0.6 is 0 Å². The van der Waals surface area contributed by atoms with Crippen molar-refractivity contribution in [3.05, 3.63) is 35.4 Å². The topological polar surface area (TPSA) is 47.9 Å². The first-order valence-corrected chi connectivity index (χ1v) is 4.77. The third-order valence-electron chi connectivity index (χ3n) is 2.54. The average Bonchev–Trinajstić information content (AvgIpc) is 2.67. The van der Waals surface area contributed by atoms with Crippen molar-refractivity contribution in [3.63, 3.8) is 0 Å². The number of benzene rings is 1. The van der Waals surface area contributed by atoms with E-state index in [0.29, 0.717) is 0 Å². The summed E-state index contributed by atoms with van der Waals surface area (Å²) in [5.41, 5.74) is 8.58.